The van der Waals surface area contributed by atoms with Gasteiger partial charge in [0.25, 0.3) is 0 Å². The van der Waals surface area contributed by atoms with Crippen molar-refractivity contribution in [1.29, 1.82) is 0 Å². The first-order valence-electron chi connectivity index (χ1n) is 17.7. The number of methoxy groups -OCH3 is 4. The second kappa shape index (κ2) is 24.3. The molecule has 2 rings (SSSR count). The average molecular weight is 822 g/mol. The first kappa shape index (κ1) is 51.3. The molecule has 2 aliphatic rings. The SMILES string of the molecule is COC(=O)CC(O)(CC(=O)OC)C(=O)OC.COC(OC1C(CO)OC(OC2C(CO)OC(OC(C(C)O)C(C)CO)C(NC(C)=O)C2O)C([NH3+])C1O)C(C)[NH3+]. The van der Waals surface area contributed by atoms with Crippen LogP contribution in [0.15, 0.2) is 0 Å². The molecular weight excluding hydrogens is 758 g/mol. The van der Waals surface area contributed by atoms with Gasteiger partial charge in [-0.25, -0.2) is 4.79 Å². The van der Waals surface area contributed by atoms with Gasteiger partial charge in [0.05, 0.1) is 59.6 Å². The van der Waals surface area contributed by atoms with Crippen molar-refractivity contribution in [2.45, 2.75) is 132 Å². The van der Waals surface area contributed by atoms with Crippen LogP contribution < -0.4 is 16.8 Å². The Labute approximate surface area is 324 Å². The minimum atomic E-state index is -2.26. The van der Waals surface area contributed by atoms with E-state index < -0.39 is 141 Å². The Morgan fingerprint density at radius 2 is 1.34 bits per heavy atom. The first-order chi connectivity index (χ1) is 26.2. The highest BCUT2D eigenvalue weighted by Crippen LogP contribution is 2.31. The molecule has 15 unspecified atom stereocenters. The summed E-state index contributed by atoms with van der Waals surface area (Å²) in [6, 6.07) is -2.53. The highest BCUT2D eigenvalue weighted by atomic mass is 16.7. The van der Waals surface area contributed by atoms with Gasteiger partial charge in [-0.15, -0.1) is 0 Å². The van der Waals surface area contributed by atoms with E-state index in [0.29, 0.717) is 0 Å². The molecule has 0 spiro atoms. The summed E-state index contributed by atoms with van der Waals surface area (Å²) in [6.07, 6.45) is -14.2. The van der Waals surface area contributed by atoms with Crippen LogP contribution in [0.1, 0.15) is 40.5 Å². The highest BCUT2D eigenvalue weighted by Gasteiger charge is 2.54. The van der Waals surface area contributed by atoms with Crippen LogP contribution in [-0.4, -0.2) is 199 Å². The van der Waals surface area contributed by atoms with Crippen LogP contribution in [-0.2, 0) is 61.8 Å². The maximum Gasteiger partial charge on any atom is 0.339 e. The van der Waals surface area contributed by atoms with Crippen molar-refractivity contribution in [2.75, 3.05) is 48.3 Å². The number of amides is 1. The third kappa shape index (κ3) is 14.3. The van der Waals surface area contributed by atoms with Gasteiger partial charge < -0.3 is 95.2 Å². The van der Waals surface area contributed by atoms with Gasteiger partial charge in [-0.3, -0.25) is 14.4 Å². The fraction of sp³-hybridized carbons (Fsp3) is 0.879. The van der Waals surface area contributed by atoms with Crippen LogP contribution >= 0.6 is 0 Å². The fourth-order valence-electron chi connectivity index (χ4n) is 5.90. The first-order valence-corrected chi connectivity index (χ1v) is 17.7. The molecule has 2 aliphatic heterocycles. The van der Waals surface area contributed by atoms with Gasteiger partial charge >= 0.3 is 17.9 Å². The fourth-order valence-corrected chi connectivity index (χ4v) is 5.90. The standard InChI is InChI=1S/C24H47N3O13.C9H14O7/c1-9(6-28)19(11(3)31)38-24-16(27-12(4)32)18(34)21(14(8-30)37-24)40-23-15(26)17(33)20(13(7-29)36-23)39-22(35-5)10(2)25;1-14-6(10)4-9(13,8(12)16-3)5-7(11)15-2/h9-11,13-24,28-31,33-34H,6-8,25-26H2,1-5H3,(H,27,32);13H,4-5H2,1-3H3/p+2. The van der Waals surface area contributed by atoms with Crippen LogP contribution in [0.3, 0.4) is 0 Å². The van der Waals surface area contributed by atoms with E-state index >= 15 is 0 Å². The second-order valence-electron chi connectivity index (χ2n) is 13.6. The molecule has 1 amide bonds. The van der Waals surface area contributed by atoms with Crippen molar-refractivity contribution in [3.8, 4) is 0 Å². The molecule has 2 heterocycles. The summed E-state index contributed by atoms with van der Waals surface area (Å²) in [5.74, 6) is -3.82. The van der Waals surface area contributed by atoms with Gasteiger partial charge in [0.15, 0.2) is 17.9 Å². The van der Waals surface area contributed by atoms with Crippen LogP contribution in [0, 0.1) is 5.92 Å². The van der Waals surface area contributed by atoms with E-state index in [2.05, 4.69) is 31.0 Å². The van der Waals surface area contributed by atoms with Crippen molar-refractivity contribution in [3.63, 3.8) is 0 Å². The van der Waals surface area contributed by atoms with Gasteiger partial charge in [0.1, 0.15) is 48.7 Å². The molecule has 0 aromatic carbocycles. The number of hydrogen-bond acceptors (Lipinski definition) is 20. The number of hydrogen-bond donors (Lipinski definition) is 10. The zero-order chi connectivity index (χ0) is 43.1. The number of aliphatic hydroxyl groups is 7. The lowest BCUT2D eigenvalue weighted by Gasteiger charge is -2.48. The van der Waals surface area contributed by atoms with Crippen LogP contribution in [0.2, 0.25) is 0 Å². The zero-order valence-corrected chi connectivity index (χ0v) is 33.0. The zero-order valence-electron chi connectivity index (χ0n) is 33.0. The maximum absolute atomic E-state index is 12.0. The Morgan fingerprint density at radius 3 is 1.75 bits per heavy atom. The molecule has 56 heavy (non-hydrogen) atoms. The third-order valence-electron chi connectivity index (χ3n) is 8.99. The Bertz CT molecular complexity index is 1190. The Kier molecular flexibility index (Phi) is 22.2. The monoisotopic (exact) mass is 821 g/mol. The van der Waals surface area contributed by atoms with E-state index in [0.717, 1.165) is 21.3 Å². The van der Waals surface area contributed by atoms with Crippen molar-refractivity contribution in [3.05, 3.63) is 0 Å². The van der Waals surface area contributed by atoms with Crippen LogP contribution in [0.25, 0.3) is 0 Å². The van der Waals surface area contributed by atoms with E-state index in [9.17, 15) is 54.9 Å². The van der Waals surface area contributed by atoms with Crippen LogP contribution in [0.5, 0.6) is 0 Å². The molecule has 0 bridgehead atoms. The summed E-state index contributed by atoms with van der Waals surface area (Å²) in [5, 5.41) is 74.5. The molecule has 0 radical (unpaired) electrons. The third-order valence-corrected chi connectivity index (χ3v) is 8.99. The summed E-state index contributed by atoms with van der Waals surface area (Å²) < 4.78 is 47.6. The topological polar surface area (TPSA) is 360 Å². The lowest BCUT2D eigenvalue weighted by Crippen LogP contribution is -2.80. The van der Waals surface area contributed by atoms with Crippen LogP contribution in [0.4, 0.5) is 0 Å². The van der Waals surface area contributed by atoms with Crippen molar-refractivity contribution >= 4 is 23.8 Å². The maximum atomic E-state index is 12.0. The van der Waals surface area contributed by atoms with E-state index in [1.54, 1.807) is 13.8 Å². The number of ether oxygens (including phenoxy) is 9. The van der Waals surface area contributed by atoms with Crippen molar-refractivity contribution in [2.24, 2.45) is 5.92 Å². The molecule has 23 heteroatoms. The van der Waals surface area contributed by atoms with E-state index in [-0.39, 0.29) is 12.6 Å². The molecule has 2 fully saturated rings. The predicted molar refractivity (Wildman–Crippen MR) is 184 cm³/mol. The number of quaternary nitrogens is 2. The van der Waals surface area contributed by atoms with Gasteiger partial charge in [-0.2, -0.15) is 0 Å². The summed E-state index contributed by atoms with van der Waals surface area (Å²) in [6.45, 7) is 4.55. The van der Waals surface area contributed by atoms with Gasteiger partial charge in [-0.1, -0.05) is 6.92 Å². The molecule has 328 valence electrons. The number of carbonyl (C=O) groups excluding carboxylic acids is 4. The van der Waals surface area contributed by atoms with E-state index in [1.807, 2.05) is 0 Å². The summed E-state index contributed by atoms with van der Waals surface area (Å²) in [4.78, 5) is 45.2. The van der Waals surface area contributed by atoms with Gasteiger partial charge in [-0.05, 0) is 13.8 Å². The predicted octanol–water partition coefficient (Wildman–Crippen LogP) is -6.96. The Morgan fingerprint density at radius 1 is 0.821 bits per heavy atom. The van der Waals surface area contributed by atoms with Gasteiger partial charge in [0.2, 0.25) is 18.5 Å². The molecule has 0 saturated carbocycles. The molecule has 0 aliphatic carbocycles. The molecule has 0 aromatic heterocycles. The van der Waals surface area contributed by atoms with Crippen molar-refractivity contribution in [1.82, 2.24) is 5.32 Å². The molecule has 0 aromatic rings. The van der Waals surface area contributed by atoms with E-state index in [1.165, 1.54) is 21.0 Å². The number of aliphatic hydroxyl groups excluding tert-OH is 6. The Balaban J connectivity index is 0.000000822. The molecular formula is C33H63N3O20+2. The normalized spacial score (nSPS) is 30.7. The van der Waals surface area contributed by atoms with Gasteiger partial charge in [0, 0.05) is 26.6 Å². The quantitative estimate of drug-likeness (QED) is 0.0329. The number of rotatable bonds is 19. The summed E-state index contributed by atoms with van der Waals surface area (Å²) in [7, 11) is 4.64. The smallest absolute Gasteiger partial charge is 0.339 e. The number of esters is 3. The summed E-state index contributed by atoms with van der Waals surface area (Å²) in [5.41, 5.74) is 5.52. The average Bonchev–Trinajstić information content (AvgIpc) is 3.15. The molecule has 2 saturated heterocycles. The van der Waals surface area contributed by atoms with Crippen molar-refractivity contribution < 1.29 is 109 Å². The molecule has 14 N–H and O–H groups in total. The van der Waals surface area contributed by atoms with E-state index in [4.69, 9.17) is 28.4 Å². The summed E-state index contributed by atoms with van der Waals surface area (Å²) >= 11 is 0. The highest BCUT2D eigenvalue weighted by molar-refractivity contribution is 5.89. The molecule has 23 nitrogen and oxygen atoms in total. The Hall–Kier alpha value is -2.72. The number of nitrogens with one attached hydrogen (secondary N) is 1. The minimum absolute atomic E-state index is 0.313. The minimum Gasteiger partial charge on any atom is -0.469 e. The lowest BCUT2D eigenvalue weighted by atomic mass is 9.94. The number of carbonyl (C=O) groups is 4. The lowest BCUT2D eigenvalue weighted by molar-refractivity contribution is -0.515. The largest absolute Gasteiger partial charge is 0.469 e. The second-order valence-corrected chi connectivity index (χ2v) is 13.6. The molecule has 15 atom stereocenters.